The molecule has 0 aliphatic heterocycles. The number of aromatic amines is 1. The van der Waals surface area contributed by atoms with E-state index in [1.807, 2.05) is 20.8 Å². The first-order chi connectivity index (χ1) is 5.74. The van der Waals surface area contributed by atoms with E-state index in [-0.39, 0.29) is 5.56 Å². The summed E-state index contributed by atoms with van der Waals surface area (Å²) in [6.45, 7) is 5.85. The van der Waals surface area contributed by atoms with Gasteiger partial charge in [0.05, 0.1) is 5.69 Å². The molecule has 68 valence electrons. The van der Waals surface area contributed by atoms with E-state index in [2.05, 4.69) is 10.4 Å². The lowest BCUT2D eigenvalue weighted by Gasteiger charge is -2.00. The predicted molar refractivity (Wildman–Crippen MR) is 51.0 cm³/mol. The van der Waals surface area contributed by atoms with Crippen LogP contribution in [0.5, 0.6) is 0 Å². The van der Waals surface area contributed by atoms with Gasteiger partial charge in [-0.1, -0.05) is 13.8 Å². The number of aryl methyl sites for hydroxylation is 1. The standard InChI is InChI=1S/C6H9N3O.C2H6/c1-4-3-8-6(10)2-5(4)9-7;1-2/h2-3H,7H2,1H3,(H2,8,9,10);1-2H3. The number of H-pyrrole nitrogens is 1. The summed E-state index contributed by atoms with van der Waals surface area (Å²) in [4.78, 5) is 13.2. The minimum Gasteiger partial charge on any atom is -0.329 e. The van der Waals surface area contributed by atoms with Gasteiger partial charge in [-0.2, -0.15) is 0 Å². The fourth-order valence-corrected chi connectivity index (χ4v) is 0.699. The van der Waals surface area contributed by atoms with Gasteiger partial charge < -0.3 is 10.4 Å². The molecule has 0 radical (unpaired) electrons. The third-order valence-electron chi connectivity index (χ3n) is 1.29. The van der Waals surface area contributed by atoms with Crippen LogP contribution in [0, 0.1) is 6.92 Å². The van der Waals surface area contributed by atoms with Crippen molar-refractivity contribution in [2.24, 2.45) is 5.84 Å². The number of aromatic nitrogens is 1. The highest BCUT2D eigenvalue weighted by atomic mass is 16.1. The zero-order chi connectivity index (χ0) is 9.56. The molecule has 0 unspecified atom stereocenters. The zero-order valence-electron chi connectivity index (χ0n) is 7.64. The Morgan fingerprint density at radius 2 is 2.08 bits per heavy atom. The Kier molecular flexibility index (Phi) is 4.79. The Hall–Kier alpha value is -1.29. The fourth-order valence-electron chi connectivity index (χ4n) is 0.699. The van der Waals surface area contributed by atoms with Gasteiger partial charge in [0.15, 0.2) is 0 Å². The van der Waals surface area contributed by atoms with Gasteiger partial charge in [0, 0.05) is 12.3 Å². The highest BCUT2D eigenvalue weighted by molar-refractivity contribution is 5.47. The number of hydrogen-bond donors (Lipinski definition) is 3. The lowest BCUT2D eigenvalue weighted by atomic mass is 10.3. The smallest absolute Gasteiger partial charge is 0.250 e. The van der Waals surface area contributed by atoms with Crippen LogP contribution in [0.2, 0.25) is 0 Å². The third-order valence-corrected chi connectivity index (χ3v) is 1.29. The van der Waals surface area contributed by atoms with Gasteiger partial charge in [-0.15, -0.1) is 0 Å². The van der Waals surface area contributed by atoms with E-state index >= 15 is 0 Å². The Morgan fingerprint density at radius 3 is 2.50 bits per heavy atom. The topological polar surface area (TPSA) is 70.9 Å². The molecule has 0 atom stereocenters. The van der Waals surface area contributed by atoms with Gasteiger partial charge in [-0.3, -0.25) is 10.6 Å². The molecule has 0 fully saturated rings. The normalized spacial score (nSPS) is 8.33. The number of nitrogen functional groups attached to an aromatic ring is 1. The van der Waals surface area contributed by atoms with E-state index in [4.69, 9.17) is 5.84 Å². The molecule has 0 aliphatic rings. The summed E-state index contributed by atoms with van der Waals surface area (Å²) < 4.78 is 0. The minimum atomic E-state index is -0.154. The van der Waals surface area contributed by atoms with Crippen molar-refractivity contribution in [1.82, 2.24) is 4.98 Å². The lowest BCUT2D eigenvalue weighted by Crippen LogP contribution is -2.13. The summed E-state index contributed by atoms with van der Waals surface area (Å²) in [7, 11) is 0. The van der Waals surface area contributed by atoms with Crippen LogP contribution in [-0.4, -0.2) is 4.98 Å². The zero-order valence-corrected chi connectivity index (χ0v) is 7.64. The van der Waals surface area contributed by atoms with Crippen molar-refractivity contribution < 1.29 is 0 Å². The van der Waals surface area contributed by atoms with Crippen LogP contribution in [0.25, 0.3) is 0 Å². The second-order valence-electron chi connectivity index (χ2n) is 2.04. The maximum absolute atomic E-state index is 10.7. The number of rotatable bonds is 1. The van der Waals surface area contributed by atoms with Gasteiger partial charge in [0.25, 0.3) is 0 Å². The van der Waals surface area contributed by atoms with Crippen LogP contribution < -0.4 is 16.8 Å². The molecular weight excluding hydrogens is 154 g/mol. The van der Waals surface area contributed by atoms with Crippen LogP contribution in [-0.2, 0) is 0 Å². The summed E-state index contributed by atoms with van der Waals surface area (Å²) >= 11 is 0. The SMILES string of the molecule is CC.Cc1c[nH]c(=O)cc1NN. The predicted octanol–water partition coefficient (Wildman–Crippen LogP) is 0.995. The quantitative estimate of drug-likeness (QED) is 0.434. The fraction of sp³-hybridized carbons (Fsp3) is 0.375. The number of pyridine rings is 1. The average molecular weight is 169 g/mol. The Morgan fingerprint density at radius 1 is 1.50 bits per heavy atom. The van der Waals surface area contributed by atoms with E-state index < -0.39 is 0 Å². The number of hydrogen-bond acceptors (Lipinski definition) is 3. The van der Waals surface area contributed by atoms with Crippen molar-refractivity contribution in [3.05, 3.63) is 28.2 Å². The monoisotopic (exact) mass is 169 g/mol. The summed E-state index contributed by atoms with van der Waals surface area (Å²) in [5.74, 6) is 5.12. The molecule has 0 spiro atoms. The molecule has 12 heavy (non-hydrogen) atoms. The van der Waals surface area contributed by atoms with E-state index in [1.54, 1.807) is 6.20 Å². The van der Waals surface area contributed by atoms with Crippen molar-refractivity contribution in [2.75, 3.05) is 5.43 Å². The van der Waals surface area contributed by atoms with Gasteiger partial charge in [-0.05, 0) is 12.5 Å². The molecule has 0 aliphatic carbocycles. The van der Waals surface area contributed by atoms with E-state index in [1.165, 1.54) is 6.07 Å². The molecule has 0 amide bonds. The first-order valence-electron chi connectivity index (χ1n) is 3.90. The second kappa shape index (κ2) is 5.37. The Balaban J connectivity index is 0.000000561. The molecule has 0 aromatic carbocycles. The third kappa shape index (κ3) is 2.75. The molecule has 1 aromatic heterocycles. The molecule has 1 heterocycles. The number of nitrogens with one attached hydrogen (secondary N) is 2. The van der Waals surface area contributed by atoms with Crippen LogP contribution in [0.1, 0.15) is 19.4 Å². The molecule has 4 nitrogen and oxygen atoms in total. The van der Waals surface area contributed by atoms with E-state index in [9.17, 15) is 4.79 Å². The first kappa shape index (κ1) is 10.7. The summed E-state index contributed by atoms with van der Waals surface area (Å²) in [5.41, 5.74) is 3.84. The van der Waals surface area contributed by atoms with Crippen molar-refractivity contribution in [3.63, 3.8) is 0 Å². The van der Waals surface area contributed by atoms with Crippen molar-refractivity contribution in [1.29, 1.82) is 0 Å². The van der Waals surface area contributed by atoms with E-state index in [0.29, 0.717) is 5.69 Å². The molecule has 1 aromatic rings. The van der Waals surface area contributed by atoms with Crippen molar-refractivity contribution in [2.45, 2.75) is 20.8 Å². The van der Waals surface area contributed by atoms with Crippen LogP contribution in [0.3, 0.4) is 0 Å². The molecule has 0 bridgehead atoms. The highest BCUT2D eigenvalue weighted by Gasteiger charge is 1.93. The molecular formula is C8H15N3O. The second-order valence-corrected chi connectivity index (χ2v) is 2.04. The molecule has 4 N–H and O–H groups in total. The maximum atomic E-state index is 10.7. The maximum Gasteiger partial charge on any atom is 0.250 e. The number of nitrogens with two attached hydrogens (primary N) is 1. The number of hydrazine groups is 1. The largest absolute Gasteiger partial charge is 0.329 e. The average Bonchev–Trinajstić information content (AvgIpc) is 2.13. The summed E-state index contributed by atoms with van der Waals surface area (Å²) in [6, 6.07) is 1.41. The van der Waals surface area contributed by atoms with Crippen molar-refractivity contribution in [3.8, 4) is 0 Å². The van der Waals surface area contributed by atoms with Crippen LogP contribution in [0.15, 0.2) is 17.1 Å². The molecule has 1 rings (SSSR count). The lowest BCUT2D eigenvalue weighted by molar-refractivity contribution is 1.18. The summed E-state index contributed by atoms with van der Waals surface area (Å²) in [6.07, 6.45) is 1.61. The molecule has 0 saturated heterocycles. The molecule has 4 heteroatoms. The first-order valence-corrected chi connectivity index (χ1v) is 3.90. The van der Waals surface area contributed by atoms with Gasteiger partial charge >= 0.3 is 0 Å². The van der Waals surface area contributed by atoms with Gasteiger partial charge in [0.1, 0.15) is 0 Å². The van der Waals surface area contributed by atoms with Crippen molar-refractivity contribution >= 4 is 5.69 Å². The minimum absolute atomic E-state index is 0.154. The number of anilines is 1. The van der Waals surface area contributed by atoms with E-state index in [0.717, 1.165) is 5.56 Å². The van der Waals surface area contributed by atoms with Gasteiger partial charge in [-0.25, -0.2) is 0 Å². The Bertz CT molecular complexity index is 280. The summed E-state index contributed by atoms with van der Waals surface area (Å²) in [5, 5.41) is 0. The van der Waals surface area contributed by atoms with Crippen LogP contribution in [0.4, 0.5) is 5.69 Å². The highest BCUT2D eigenvalue weighted by Crippen LogP contribution is 2.05. The van der Waals surface area contributed by atoms with Crippen LogP contribution >= 0.6 is 0 Å². The Labute approximate surface area is 71.8 Å². The van der Waals surface area contributed by atoms with Gasteiger partial charge in [0.2, 0.25) is 5.56 Å². The molecule has 0 saturated carbocycles.